The van der Waals surface area contributed by atoms with E-state index in [0.717, 1.165) is 11.3 Å². The summed E-state index contributed by atoms with van der Waals surface area (Å²) in [6.45, 7) is 1.55. The molecule has 1 aromatic rings. The first kappa shape index (κ1) is 12.6. The molecule has 2 unspecified atom stereocenters. The molecule has 5 heteroatoms. The highest BCUT2D eigenvalue weighted by molar-refractivity contribution is 6.30. The Labute approximate surface area is 105 Å². The van der Waals surface area contributed by atoms with Crippen LogP contribution in [0.3, 0.4) is 0 Å². The summed E-state index contributed by atoms with van der Waals surface area (Å²) < 4.78 is 5.25. The van der Waals surface area contributed by atoms with Crippen LogP contribution in [0.4, 0.5) is 0 Å². The number of benzene rings is 1. The van der Waals surface area contributed by atoms with Crippen molar-refractivity contribution in [1.82, 2.24) is 4.90 Å². The van der Waals surface area contributed by atoms with Crippen molar-refractivity contribution in [3.8, 4) is 5.75 Å². The van der Waals surface area contributed by atoms with Gasteiger partial charge in [0.25, 0.3) is 0 Å². The number of halogens is 1. The summed E-state index contributed by atoms with van der Waals surface area (Å²) in [6.07, 6.45) is -1.33. The van der Waals surface area contributed by atoms with Gasteiger partial charge in [-0.3, -0.25) is 4.90 Å². The maximum Gasteiger partial charge on any atom is 0.123 e. The van der Waals surface area contributed by atoms with Gasteiger partial charge in [-0.1, -0.05) is 11.6 Å². The third-order valence-electron chi connectivity index (χ3n) is 2.97. The van der Waals surface area contributed by atoms with Gasteiger partial charge in [-0.15, -0.1) is 0 Å². The van der Waals surface area contributed by atoms with Crippen molar-refractivity contribution in [3.05, 3.63) is 28.8 Å². The predicted molar refractivity (Wildman–Crippen MR) is 65.3 cm³/mol. The lowest BCUT2D eigenvalue weighted by atomic mass is 10.2. The van der Waals surface area contributed by atoms with Gasteiger partial charge in [0, 0.05) is 30.2 Å². The Morgan fingerprint density at radius 1 is 1.35 bits per heavy atom. The van der Waals surface area contributed by atoms with Gasteiger partial charge in [0.1, 0.15) is 5.75 Å². The first-order chi connectivity index (χ1) is 8.10. The number of hydrogen-bond donors (Lipinski definition) is 2. The zero-order valence-corrected chi connectivity index (χ0v) is 10.4. The normalized spacial score (nSPS) is 25.2. The van der Waals surface area contributed by atoms with Gasteiger partial charge in [0.15, 0.2) is 0 Å². The van der Waals surface area contributed by atoms with E-state index in [1.807, 2.05) is 17.0 Å². The van der Waals surface area contributed by atoms with Gasteiger partial charge in [0.05, 0.1) is 19.3 Å². The lowest BCUT2D eigenvalue weighted by Crippen LogP contribution is -2.22. The van der Waals surface area contributed by atoms with E-state index in [1.54, 1.807) is 13.2 Å². The molecule has 1 aliphatic heterocycles. The highest BCUT2D eigenvalue weighted by Gasteiger charge is 2.29. The molecule has 94 valence electrons. The van der Waals surface area contributed by atoms with Crippen molar-refractivity contribution < 1.29 is 14.9 Å². The number of aliphatic hydroxyl groups is 2. The van der Waals surface area contributed by atoms with E-state index >= 15 is 0 Å². The molecule has 2 rings (SSSR count). The molecule has 2 N–H and O–H groups in total. The smallest absolute Gasteiger partial charge is 0.123 e. The van der Waals surface area contributed by atoms with Crippen LogP contribution in [0.5, 0.6) is 5.75 Å². The third-order valence-corrected chi connectivity index (χ3v) is 3.21. The standard InChI is InChI=1S/C12H16ClNO3/c1-17-12-3-2-9(13)4-8(12)5-14-6-10(15)11(16)7-14/h2-4,10-11,15-16H,5-7H2,1H3. The summed E-state index contributed by atoms with van der Waals surface area (Å²) in [4.78, 5) is 1.98. The molecule has 0 bridgehead atoms. The molecule has 2 atom stereocenters. The van der Waals surface area contributed by atoms with Crippen LogP contribution in [-0.4, -0.2) is 47.5 Å². The predicted octanol–water partition coefficient (Wildman–Crippen LogP) is 0.886. The van der Waals surface area contributed by atoms with Gasteiger partial charge in [-0.25, -0.2) is 0 Å². The van der Waals surface area contributed by atoms with E-state index in [-0.39, 0.29) is 0 Å². The van der Waals surface area contributed by atoms with Crippen LogP contribution in [0.1, 0.15) is 5.56 Å². The minimum absolute atomic E-state index is 0.469. The van der Waals surface area contributed by atoms with E-state index in [0.29, 0.717) is 24.7 Å². The monoisotopic (exact) mass is 257 g/mol. The summed E-state index contributed by atoms with van der Waals surface area (Å²) in [5.41, 5.74) is 0.960. The average molecular weight is 258 g/mol. The fourth-order valence-electron chi connectivity index (χ4n) is 2.09. The zero-order chi connectivity index (χ0) is 12.4. The second kappa shape index (κ2) is 5.23. The zero-order valence-electron chi connectivity index (χ0n) is 9.64. The molecule has 17 heavy (non-hydrogen) atoms. The van der Waals surface area contributed by atoms with Crippen molar-refractivity contribution in [2.45, 2.75) is 18.8 Å². The Morgan fingerprint density at radius 3 is 2.59 bits per heavy atom. The van der Waals surface area contributed by atoms with Crippen molar-refractivity contribution >= 4 is 11.6 Å². The molecular formula is C12H16ClNO3. The number of rotatable bonds is 3. The van der Waals surface area contributed by atoms with E-state index in [2.05, 4.69) is 0 Å². The third kappa shape index (κ3) is 2.90. The van der Waals surface area contributed by atoms with Crippen LogP contribution < -0.4 is 4.74 Å². The Balaban J connectivity index is 2.10. The number of nitrogens with zero attached hydrogens (tertiary/aromatic N) is 1. The fraction of sp³-hybridized carbons (Fsp3) is 0.500. The maximum absolute atomic E-state index is 9.48. The molecule has 1 saturated heterocycles. The first-order valence-electron chi connectivity index (χ1n) is 5.51. The number of ether oxygens (including phenoxy) is 1. The maximum atomic E-state index is 9.48. The van der Waals surface area contributed by atoms with Crippen molar-refractivity contribution in [1.29, 1.82) is 0 Å². The molecule has 0 spiro atoms. The number of β-amino-alcohol motifs (C(OH)–C–C–N with tert-alkyl or cyclic N) is 2. The first-order valence-corrected chi connectivity index (χ1v) is 5.89. The number of hydrogen-bond acceptors (Lipinski definition) is 4. The summed E-state index contributed by atoms with van der Waals surface area (Å²) in [7, 11) is 1.61. The molecule has 1 heterocycles. The topological polar surface area (TPSA) is 52.9 Å². The Kier molecular flexibility index (Phi) is 3.89. The van der Waals surface area contributed by atoms with Gasteiger partial charge in [-0.2, -0.15) is 0 Å². The Bertz CT molecular complexity index is 389. The van der Waals surface area contributed by atoms with Crippen LogP contribution in [-0.2, 0) is 6.54 Å². The Morgan fingerprint density at radius 2 is 2.00 bits per heavy atom. The lowest BCUT2D eigenvalue weighted by Gasteiger charge is -2.17. The molecular weight excluding hydrogens is 242 g/mol. The molecule has 0 radical (unpaired) electrons. The molecule has 1 aliphatic rings. The molecule has 4 nitrogen and oxygen atoms in total. The fourth-order valence-corrected chi connectivity index (χ4v) is 2.28. The summed E-state index contributed by atoms with van der Waals surface area (Å²) in [6, 6.07) is 5.44. The molecule has 0 amide bonds. The summed E-state index contributed by atoms with van der Waals surface area (Å²) in [5.74, 6) is 0.769. The van der Waals surface area contributed by atoms with Gasteiger partial charge >= 0.3 is 0 Å². The van der Waals surface area contributed by atoms with E-state index in [4.69, 9.17) is 16.3 Å². The largest absolute Gasteiger partial charge is 0.496 e. The van der Waals surface area contributed by atoms with Gasteiger partial charge < -0.3 is 14.9 Å². The van der Waals surface area contributed by atoms with Crippen molar-refractivity contribution in [2.24, 2.45) is 0 Å². The summed E-state index contributed by atoms with van der Waals surface area (Å²) >= 11 is 5.94. The highest BCUT2D eigenvalue weighted by atomic mass is 35.5. The van der Waals surface area contributed by atoms with Crippen LogP contribution in [0.2, 0.25) is 5.02 Å². The lowest BCUT2D eigenvalue weighted by molar-refractivity contribution is 0.0572. The quantitative estimate of drug-likeness (QED) is 0.844. The van der Waals surface area contributed by atoms with E-state index < -0.39 is 12.2 Å². The molecule has 0 aromatic heterocycles. The second-order valence-electron chi connectivity index (χ2n) is 4.28. The van der Waals surface area contributed by atoms with Gasteiger partial charge in [-0.05, 0) is 18.2 Å². The molecule has 1 aromatic carbocycles. The minimum atomic E-state index is -0.667. The number of aliphatic hydroxyl groups excluding tert-OH is 2. The SMILES string of the molecule is COc1ccc(Cl)cc1CN1CC(O)C(O)C1. The van der Waals surface area contributed by atoms with Crippen LogP contribution >= 0.6 is 11.6 Å². The number of methoxy groups -OCH3 is 1. The number of likely N-dealkylation sites (tertiary alicyclic amines) is 1. The van der Waals surface area contributed by atoms with Crippen LogP contribution in [0.15, 0.2) is 18.2 Å². The molecule has 1 fully saturated rings. The molecule has 0 saturated carbocycles. The van der Waals surface area contributed by atoms with Crippen LogP contribution in [0.25, 0.3) is 0 Å². The van der Waals surface area contributed by atoms with Gasteiger partial charge in [0.2, 0.25) is 0 Å². The average Bonchev–Trinajstić information content (AvgIpc) is 2.58. The van der Waals surface area contributed by atoms with E-state index in [1.165, 1.54) is 0 Å². The highest BCUT2D eigenvalue weighted by Crippen LogP contribution is 2.25. The van der Waals surface area contributed by atoms with Crippen molar-refractivity contribution in [2.75, 3.05) is 20.2 Å². The van der Waals surface area contributed by atoms with E-state index in [9.17, 15) is 10.2 Å². The van der Waals surface area contributed by atoms with Crippen molar-refractivity contribution in [3.63, 3.8) is 0 Å². The van der Waals surface area contributed by atoms with Crippen LogP contribution in [0, 0.1) is 0 Å². The minimum Gasteiger partial charge on any atom is -0.496 e. The summed E-state index contributed by atoms with van der Waals surface area (Å²) in [5, 5.41) is 19.6. The Hall–Kier alpha value is -0.810. The second-order valence-corrected chi connectivity index (χ2v) is 4.72. The molecule has 0 aliphatic carbocycles.